The highest BCUT2D eigenvalue weighted by atomic mass is 15.3. The van der Waals surface area contributed by atoms with E-state index in [4.69, 9.17) is 5.73 Å². The third-order valence-electron chi connectivity index (χ3n) is 4.12. The molecule has 98 valence electrons. The molecule has 0 aliphatic carbocycles. The van der Waals surface area contributed by atoms with Crippen molar-refractivity contribution in [3.63, 3.8) is 0 Å². The Kier molecular flexibility index (Phi) is 3.44. The Hall–Kier alpha value is -1.35. The van der Waals surface area contributed by atoms with Gasteiger partial charge in [0.1, 0.15) is 0 Å². The summed E-state index contributed by atoms with van der Waals surface area (Å²) >= 11 is 0. The number of nitrogens with zero attached hydrogens (tertiary/aromatic N) is 2. The van der Waals surface area contributed by atoms with Crippen molar-refractivity contribution in [2.45, 2.75) is 39.2 Å². The minimum Gasteiger partial charge on any atom is -0.325 e. The van der Waals surface area contributed by atoms with Crippen molar-refractivity contribution >= 4 is 10.9 Å². The van der Waals surface area contributed by atoms with E-state index in [-0.39, 0.29) is 5.54 Å². The van der Waals surface area contributed by atoms with E-state index < -0.39 is 0 Å². The maximum Gasteiger partial charge on any atom is 0.0721 e. The van der Waals surface area contributed by atoms with Crippen LogP contribution in [0.5, 0.6) is 0 Å². The highest BCUT2D eigenvalue weighted by Gasteiger charge is 2.27. The summed E-state index contributed by atoms with van der Waals surface area (Å²) in [6.07, 6.45) is 1.92. The highest BCUT2D eigenvalue weighted by Crippen LogP contribution is 2.25. The lowest BCUT2D eigenvalue weighted by atomic mass is 9.82. The lowest BCUT2D eigenvalue weighted by Gasteiger charge is -2.30. The average molecular weight is 245 g/mol. The molecule has 0 saturated carbocycles. The zero-order valence-electron chi connectivity index (χ0n) is 11.8. The summed E-state index contributed by atoms with van der Waals surface area (Å²) in [5.74, 6) is 0.485. The van der Waals surface area contributed by atoms with Crippen LogP contribution in [-0.2, 0) is 13.5 Å². The van der Waals surface area contributed by atoms with Gasteiger partial charge in [0.2, 0.25) is 0 Å². The van der Waals surface area contributed by atoms with Crippen LogP contribution in [-0.4, -0.2) is 15.3 Å². The summed E-state index contributed by atoms with van der Waals surface area (Å²) in [5.41, 5.74) is 8.53. The molecule has 3 heteroatoms. The van der Waals surface area contributed by atoms with E-state index in [9.17, 15) is 0 Å². The Morgan fingerprint density at radius 1 is 1.39 bits per heavy atom. The molecule has 2 rings (SSSR count). The van der Waals surface area contributed by atoms with Crippen molar-refractivity contribution in [1.82, 2.24) is 9.78 Å². The van der Waals surface area contributed by atoms with Gasteiger partial charge in [-0.2, -0.15) is 5.10 Å². The second kappa shape index (κ2) is 4.73. The lowest BCUT2D eigenvalue weighted by Crippen LogP contribution is -2.45. The van der Waals surface area contributed by atoms with Crippen LogP contribution >= 0.6 is 0 Å². The number of fused-ring (bicyclic) bond motifs is 1. The number of nitrogens with two attached hydrogens (primary N) is 1. The standard InChI is InChI=1S/C15H23N3/c1-5-11(2)15(3,16)10-13-12-8-6-7-9-14(12)18(4)17-13/h6-9,11H,5,10,16H2,1-4H3. The van der Waals surface area contributed by atoms with E-state index in [1.165, 1.54) is 10.9 Å². The zero-order chi connectivity index (χ0) is 13.3. The van der Waals surface area contributed by atoms with Gasteiger partial charge in [0.25, 0.3) is 0 Å². The SMILES string of the molecule is CCC(C)C(C)(N)Cc1nn(C)c2ccccc12. The quantitative estimate of drug-likeness (QED) is 0.900. The van der Waals surface area contributed by atoms with Crippen molar-refractivity contribution in [1.29, 1.82) is 0 Å². The number of aryl methyl sites for hydroxylation is 1. The normalized spacial score (nSPS) is 16.7. The van der Waals surface area contributed by atoms with Crippen molar-refractivity contribution < 1.29 is 0 Å². The van der Waals surface area contributed by atoms with Crippen molar-refractivity contribution in [3.8, 4) is 0 Å². The average Bonchev–Trinajstić information content (AvgIpc) is 2.65. The van der Waals surface area contributed by atoms with Gasteiger partial charge < -0.3 is 5.73 Å². The number of hydrogen-bond acceptors (Lipinski definition) is 2. The molecule has 1 aromatic carbocycles. The number of para-hydroxylation sites is 1. The van der Waals surface area contributed by atoms with Gasteiger partial charge in [-0.05, 0) is 18.9 Å². The van der Waals surface area contributed by atoms with Crippen molar-refractivity contribution in [2.24, 2.45) is 18.7 Å². The summed E-state index contributed by atoms with van der Waals surface area (Å²) in [6, 6.07) is 8.34. The lowest BCUT2D eigenvalue weighted by molar-refractivity contribution is 0.304. The molecule has 0 spiro atoms. The Morgan fingerprint density at radius 2 is 2.06 bits per heavy atom. The molecule has 0 amide bonds. The van der Waals surface area contributed by atoms with Gasteiger partial charge in [0.05, 0.1) is 11.2 Å². The molecule has 0 saturated heterocycles. The number of aromatic nitrogens is 2. The maximum atomic E-state index is 6.45. The molecule has 2 aromatic rings. The van der Waals surface area contributed by atoms with E-state index in [1.54, 1.807) is 0 Å². The molecule has 0 radical (unpaired) electrons. The monoisotopic (exact) mass is 245 g/mol. The van der Waals surface area contributed by atoms with E-state index in [0.29, 0.717) is 5.92 Å². The first-order valence-corrected chi connectivity index (χ1v) is 6.65. The summed E-state index contributed by atoms with van der Waals surface area (Å²) < 4.78 is 1.94. The van der Waals surface area contributed by atoms with Gasteiger partial charge in [0, 0.05) is 24.4 Å². The molecule has 0 aliphatic heterocycles. The number of benzene rings is 1. The predicted molar refractivity (Wildman–Crippen MR) is 76.5 cm³/mol. The van der Waals surface area contributed by atoms with Crippen LogP contribution in [0.15, 0.2) is 24.3 Å². The summed E-state index contributed by atoms with van der Waals surface area (Å²) in [4.78, 5) is 0. The molecular weight excluding hydrogens is 222 g/mol. The van der Waals surface area contributed by atoms with Crippen molar-refractivity contribution in [3.05, 3.63) is 30.0 Å². The van der Waals surface area contributed by atoms with Crippen LogP contribution in [0.3, 0.4) is 0 Å². The van der Waals surface area contributed by atoms with Crippen molar-refractivity contribution in [2.75, 3.05) is 0 Å². The van der Waals surface area contributed by atoms with Gasteiger partial charge in [-0.15, -0.1) is 0 Å². The van der Waals surface area contributed by atoms with E-state index in [0.717, 1.165) is 18.5 Å². The first-order valence-electron chi connectivity index (χ1n) is 6.65. The fourth-order valence-corrected chi connectivity index (χ4v) is 2.42. The fourth-order valence-electron chi connectivity index (χ4n) is 2.42. The Morgan fingerprint density at radius 3 is 2.72 bits per heavy atom. The summed E-state index contributed by atoms with van der Waals surface area (Å²) in [5, 5.41) is 5.85. The number of rotatable bonds is 4. The minimum atomic E-state index is -0.203. The Labute approximate surface area is 109 Å². The second-order valence-electron chi connectivity index (χ2n) is 5.58. The third kappa shape index (κ3) is 2.27. The largest absolute Gasteiger partial charge is 0.325 e. The maximum absolute atomic E-state index is 6.45. The van der Waals surface area contributed by atoms with Gasteiger partial charge in [-0.1, -0.05) is 38.5 Å². The molecule has 2 N–H and O–H groups in total. The minimum absolute atomic E-state index is 0.203. The van der Waals surface area contributed by atoms with E-state index in [2.05, 4.69) is 44.1 Å². The van der Waals surface area contributed by atoms with Crippen LogP contribution in [0.25, 0.3) is 10.9 Å². The van der Waals surface area contributed by atoms with E-state index in [1.807, 2.05) is 17.8 Å². The Balaban J connectivity index is 2.38. The molecule has 2 unspecified atom stereocenters. The van der Waals surface area contributed by atoms with Gasteiger partial charge in [-0.25, -0.2) is 0 Å². The van der Waals surface area contributed by atoms with Crippen LogP contribution in [0.1, 0.15) is 32.9 Å². The summed E-state index contributed by atoms with van der Waals surface area (Å²) in [6.45, 7) is 6.53. The number of hydrogen-bond donors (Lipinski definition) is 1. The van der Waals surface area contributed by atoms with Crippen LogP contribution in [0.4, 0.5) is 0 Å². The molecule has 1 heterocycles. The second-order valence-corrected chi connectivity index (χ2v) is 5.58. The van der Waals surface area contributed by atoms with Gasteiger partial charge in [-0.3, -0.25) is 4.68 Å². The van der Waals surface area contributed by atoms with E-state index >= 15 is 0 Å². The molecular formula is C15H23N3. The van der Waals surface area contributed by atoms with Crippen LogP contribution < -0.4 is 5.73 Å². The van der Waals surface area contributed by atoms with Crippen LogP contribution in [0, 0.1) is 5.92 Å². The predicted octanol–water partition coefficient (Wildman–Crippen LogP) is 2.88. The summed E-state index contributed by atoms with van der Waals surface area (Å²) in [7, 11) is 1.99. The topological polar surface area (TPSA) is 43.8 Å². The van der Waals surface area contributed by atoms with Crippen LogP contribution in [0.2, 0.25) is 0 Å². The molecule has 0 fully saturated rings. The smallest absolute Gasteiger partial charge is 0.0721 e. The fraction of sp³-hybridized carbons (Fsp3) is 0.533. The molecule has 1 aromatic heterocycles. The molecule has 2 atom stereocenters. The molecule has 18 heavy (non-hydrogen) atoms. The highest BCUT2D eigenvalue weighted by molar-refractivity contribution is 5.81. The molecule has 0 bridgehead atoms. The van der Waals surface area contributed by atoms with Gasteiger partial charge >= 0.3 is 0 Å². The first-order chi connectivity index (χ1) is 8.45. The first kappa shape index (κ1) is 13.1. The van der Waals surface area contributed by atoms with Gasteiger partial charge in [0.15, 0.2) is 0 Å². The third-order valence-corrected chi connectivity index (χ3v) is 4.12. The molecule has 0 aliphatic rings. The Bertz CT molecular complexity index is 540. The zero-order valence-corrected chi connectivity index (χ0v) is 11.8. The molecule has 3 nitrogen and oxygen atoms in total.